The van der Waals surface area contributed by atoms with Gasteiger partial charge in [0.1, 0.15) is 17.2 Å². The van der Waals surface area contributed by atoms with Crippen molar-refractivity contribution >= 4 is 0 Å². The third kappa shape index (κ3) is 1.73. The first kappa shape index (κ1) is 9.79. The molecule has 2 rings (SSSR count). The largest absolute Gasteiger partial charge is 0.390 e. The molecule has 0 fully saturated rings. The number of para-hydroxylation sites is 1. The minimum Gasteiger partial charge on any atom is -0.390 e. The van der Waals surface area contributed by atoms with E-state index in [9.17, 15) is 4.39 Å². The summed E-state index contributed by atoms with van der Waals surface area (Å²) in [5, 5.41) is 16.3. The molecule has 1 aromatic carbocycles. The normalized spacial score (nSPS) is 10.6. The van der Waals surface area contributed by atoms with Crippen LogP contribution in [0.1, 0.15) is 11.3 Å². The lowest BCUT2D eigenvalue weighted by Gasteiger charge is -2.05. The number of aliphatic hydroxyl groups excluding tert-OH is 1. The molecule has 0 bridgehead atoms. The van der Waals surface area contributed by atoms with E-state index >= 15 is 0 Å². The molecule has 2 aromatic rings. The number of hydrogen-bond donors (Lipinski definition) is 1. The number of halogens is 1. The van der Waals surface area contributed by atoms with E-state index in [-0.39, 0.29) is 12.4 Å². The summed E-state index contributed by atoms with van der Waals surface area (Å²) >= 11 is 0. The van der Waals surface area contributed by atoms with Gasteiger partial charge in [-0.3, -0.25) is 0 Å². The van der Waals surface area contributed by atoms with Crippen molar-refractivity contribution in [3.05, 3.63) is 41.5 Å². The van der Waals surface area contributed by atoms with Gasteiger partial charge in [-0.2, -0.15) is 0 Å². The van der Waals surface area contributed by atoms with Gasteiger partial charge < -0.3 is 5.11 Å². The summed E-state index contributed by atoms with van der Waals surface area (Å²) in [6.07, 6.45) is 1.51. The molecule has 1 N–H and O–H groups in total. The van der Waals surface area contributed by atoms with Gasteiger partial charge >= 0.3 is 0 Å². The summed E-state index contributed by atoms with van der Waals surface area (Å²) in [5.74, 6) is -0.357. The Bertz CT molecular complexity index is 461. The van der Waals surface area contributed by atoms with Crippen LogP contribution in [0.3, 0.4) is 0 Å². The maximum atomic E-state index is 13.5. The van der Waals surface area contributed by atoms with E-state index in [0.29, 0.717) is 11.4 Å². The van der Waals surface area contributed by atoms with Crippen LogP contribution in [0.4, 0.5) is 4.39 Å². The van der Waals surface area contributed by atoms with Gasteiger partial charge in [-0.05, 0) is 18.6 Å². The van der Waals surface area contributed by atoms with E-state index in [1.807, 2.05) is 0 Å². The van der Waals surface area contributed by atoms with Crippen molar-refractivity contribution in [2.45, 2.75) is 13.5 Å². The summed E-state index contributed by atoms with van der Waals surface area (Å²) in [6, 6.07) is 4.79. The third-order valence-corrected chi connectivity index (χ3v) is 2.12. The van der Waals surface area contributed by atoms with Crippen molar-refractivity contribution in [3.8, 4) is 5.69 Å². The Morgan fingerprint density at radius 3 is 2.87 bits per heavy atom. The fraction of sp³-hybridized carbons (Fsp3) is 0.200. The summed E-state index contributed by atoms with van der Waals surface area (Å²) in [5.41, 5.74) is 1.55. The fourth-order valence-electron chi connectivity index (χ4n) is 1.39. The van der Waals surface area contributed by atoms with E-state index in [1.54, 1.807) is 19.1 Å². The quantitative estimate of drug-likeness (QED) is 0.805. The second-order valence-corrected chi connectivity index (χ2v) is 3.22. The monoisotopic (exact) mass is 207 g/mol. The highest BCUT2D eigenvalue weighted by Crippen LogP contribution is 2.16. The van der Waals surface area contributed by atoms with Gasteiger partial charge in [-0.1, -0.05) is 17.3 Å². The molecule has 0 spiro atoms. The van der Waals surface area contributed by atoms with Crippen LogP contribution in [0.15, 0.2) is 24.4 Å². The number of benzene rings is 1. The molecule has 4 nitrogen and oxygen atoms in total. The smallest absolute Gasteiger partial charge is 0.149 e. The molecule has 0 unspecified atom stereocenters. The molecule has 78 valence electrons. The maximum absolute atomic E-state index is 13.5. The molecule has 0 aliphatic heterocycles. The fourth-order valence-corrected chi connectivity index (χ4v) is 1.39. The van der Waals surface area contributed by atoms with Crippen molar-refractivity contribution in [1.82, 2.24) is 15.0 Å². The minimum atomic E-state index is -0.357. The number of hydrogen-bond acceptors (Lipinski definition) is 3. The Morgan fingerprint density at radius 1 is 1.47 bits per heavy atom. The molecule has 15 heavy (non-hydrogen) atoms. The maximum Gasteiger partial charge on any atom is 0.149 e. The number of nitrogens with zero attached hydrogens (tertiary/aromatic N) is 3. The topological polar surface area (TPSA) is 50.9 Å². The second-order valence-electron chi connectivity index (χ2n) is 3.22. The number of rotatable bonds is 2. The van der Waals surface area contributed by atoms with Crippen LogP contribution in [0.2, 0.25) is 0 Å². The Morgan fingerprint density at radius 2 is 2.27 bits per heavy atom. The Labute approximate surface area is 86.0 Å². The highest BCUT2D eigenvalue weighted by atomic mass is 19.1. The van der Waals surface area contributed by atoms with Gasteiger partial charge in [0.05, 0.1) is 12.8 Å². The number of aromatic nitrogens is 3. The van der Waals surface area contributed by atoms with E-state index in [0.717, 1.165) is 5.56 Å². The van der Waals surface area contributed by atoms with E-state index < -0.39 is 0 Å². The first-order valence-corrected chi connectivity index (χ1v) is 4.50. The van der Waals surface area contributed by atoms with E-state index in [4.69, 9.17) is 5.11 Å². The first-order valence-electron chi connectivity index (χ1n) is 4.50. The molecule has 0 saturated carbocycles. The zero-order valence-corrected chi connectivity index (χ0v) is 8.18. The molecule has 5 heteroatoms. The van der Waals surface area contributed by atoms with Crippen LogP contribution in [-0.2, 0) is 6.61 Å². The van der Waals surface area contributed by atoms with Gasteiger partial charge in [0.15, 0.2) is 0 Å². The summed E-state index contributed by atoms with van der Waals surface area (Å²) in [4.78, 5) is 0. The molecule has 0 aliphatic rings. The lowest BCUT2D eigenvalue weighted by Crippen LogP contribution is -2.01. The van der Waals surface area contributed by atoms with Crippen LogP contribution >= 0.6 is 0 Å². The van der Waals surface area contributed by atoms with Crippen molar-refractivity contribution in [1.29, 1.82) is 0 Å². The Balaban J connectivity index is 2.53. The third-order valence-electron chi connectivity index (χ3n) is 2.12. The predicted octanol–water partition coefficient (Wildman–Crippen LogP) is 1.21. The highest BCUT2D eigenvalue weighted by Gasteiger charge is 2.09. The molecular formula is C10H10FN3O. The molecule has 1 heterocycles. The zero-order chi connectivity index (χ0) is 10.8. The molecule has 0 saturated heterocycles. The van der Waals surface area contributed by atoms with Gasteiger partial charge in [0.2, 0.25) is 0 Å². The van der Waals surface area contributed by atoms with Crippen molar-refractivity contribution in [2.24, 2.45) is 0 Å². The lowest BCUT2D eigenvalue weighted by molar-refractivity contribution is 0.276. The molecule has 0 amide bonds. The molecule has 0 atom stereocenters. The number of aliphatic hydroxyl groups is 1. The molecule has 1 aromatic heterocycles. The van der Waals surface area contributed by atoms with Gasteiger partial charge in [-0.15, -0.1) is 5.10 Å². The Hall–Kier alpha value is -1.75. The molecule has 0 radical (unpaired) electrons. The molecular weight excluding hydrogens is 197 g/mol. The van der Waals surface area contributed by atoms with Crippen LogP contribution in [0.25, 0.3) is 5.69 Å². The van der Waals surface area contributed by atoms with Crippen LogP contribution in [0.5, 0.6) is 0 Å². The van der Waals surface area contributed by atoms with Gasteiger partial charge in [0.25, 0.3) is 0 Å². The average Bonchev–Trinajstić information content (AvgIpc) is 2.66. The summed E-state index contributed by atoms with van der Waals surface area (Å²) in [7, 11) is 0. The molecule has 0 aliphatic carbocycles. The van der Waals surface area contributed by atoms with Gasteiger partial charge in [-0.25, -0.2) is 9.07 Å². The predicted molar refractivity (Wildman–Crippen MR) is 52.0 cm³/mol. The van der Waals surface area contributed by atoms with Crippen LogP contribution in [0, 0.1) is 12.7 Å². The first-order chi connectivity index (χ1) is 7.22. The second kappa shape index (κ2) is 3.78. The zero-order valence-electron chi connectivity index (χ0n) is 8.18. The van der Waals surface area contributed by atoms with Crippen molar-refractivity contribution < 1.29 is 9.50 Å². The Kier molecular flexibility index (Phi) is 2.47. The van der Waals surface area contributed by atoms with Crippen molar-refractivity contribution in [3.63, 3.8) is 0 Å². The standard InChI is InChI=1S/C10H10FN3O/c1-7-3-2-4-9(11)10(7)14-5-8(6-15)12-13-14/h2-5,15H,6H2,1H3. The SMILES string of the molecule is Cc1cccc(F)c1-n1cc(CO)nn1. The van der Waals surface area contributed by atoms with E-state index in [1.165, 1.54) is 16.9 Å². The van der Waals surface area contributed by atoms with Crippen LogP contribution < -0.4 is 0 Å². The lowest BCUT2D eigenvalue weighted by atomic mass is 10.2. The summed E-state index contributed by atoms with van der Waals surface area (Å²) in [6.45, 7) is 1.59. The minimum absolute atomic E-state index is 0.201. The highest BCUT2D eigenvalue weighted by molar-refractivity contribution is 5.40. The van der Waals surface area contributed by atoms with E-state index in [2.05, 4.69) is 10.3 Å². The summed E-state index contributed by atoms with van der Waals surface area (Å²) < 4.78 is 14.8. The average molecular weight is 207 g/mol. The van der Waals surface area contributed by atoms with Gasteiger partial charge in [0, 0.05) is 0 Å². The van der Waals surface area contributed by atoms with Crippen LogP contribution in [-0.4, -0.2) is 20.1 Å². The van der Waals surface area contributed by atoms with Crippen molar-refractivity contribution in [2.75, 3.05) is 0 Å². The number of aryl methyl sites for hydroxylation is 1.